The van der Waals surface area contributed by atoms with E-state index in [2.05, 4.69) is 4.98 Å². The summed E-state index contributed by atoms with van der Waals surface area (Å²) in [6.07, 6.45) is 0.523. The molecule has 24 heavy (non-hydrogen) atoms. The van der Waals surface area contributed by atoms with Gasteiger partial charge in [0.25, 0.3) is 0 Å². The minimum atomic E-state index is -0.539. The Bertz CT molecular complexity index is 674. The zero-order valence-electron chi connectivity index (χ0n) is 14.5. The van der Waals surface area contributed by atoms with Crippen molar-refractivity contribution in [2.75, 3.05) is 12.8 Å². The standard InChI is InChI=1S/C18H24N2O3S/c1-18(2,3)23-17(21)15(9-12-5-7-13(19)8-6-12)16-20-14(10-22-4)11-24-16/h5-8,11,15H,9-10,19H2,1-4H3/t15-/m1/s1. The van der Waals surface area contributed by atoms with Crippen LogP contribution in [0.1, 0.15) is 43.0 Å². The number of benzene rings is 1. The van der Waals surface area contributed by atoms with Crippen molar-refractivity contribution in [3.05, 3.63) is 45.9 Å². The number of carbonyl (C=O) groups excluding carboxylic acids is 1. The van der Waals surface area contributed by atoms with Gasteiger partial charge >= 0.3 is 5.97 Å². The van der Waals surface area contributed by atoms with Gasteiger partial charge in [0, 0.05) is 18.2 Å². The second-order valence-corrected chi connectivity index (χ2v) is 7.53. The first-order valence-electron chi connectivity index (χ1n) is 7.79. The minimum absolute atomic E-state index is 0.266. The van der Waals surface area contributed by atoms with Gasteiger partial charge in [-0.2, -0.15) is 0 Å². The Balaban J connectivity index is 2.25. The minimum Gasteiger partial charge on any atom is -0.459 e. The van der Waals surface area contributed by atoms with Gasteiger partial charge in [-0.05, 0) is 44.9 Å². The molecule has 0 saturated heterocycles. The van der Waals surface area contributed by atoms with Crippen LogP contribution in [0, 0.1) is 0 Å². The van der Waals surface area contributed by atoms with Crippen LogP contribution in [0.2, 0.25) is 0 Å². The Kier molecular flexibility index (Phi) is 5.96. The van der Waals surface area contributed by atoms with Crippen LogP contribution in [0.3, 0.4) is 0 Å². The summed E-state index contributed by atoms with van der Waals surface area (Å²) in [5.74, 6) is -0.707. The molecule has 0 radical (unpaired) electrons. The van der Waals surface area contributed by atoms with Crippen LogP contribution in [0.25, 0.3) is 0 Å². The maximum Gasteiger partial charge on any atom is 0.316 e. The van der Waals surface area contributed by atoms with E-state index in [1.807, 2.05) is 50.4 Å². The smallest absolute Gasteiger partial charge is 0.316 e. The molecular formula is C18H24N2O3S. The maximum absolute atomic E-state index is 12.7. The van der Waals surface area contributed by atoms with Gasteiger partial charge in [-0.15, -0.1) is 11.3 Å². The molecule has 130 valence electrons. The number of hydrogen-bond donors (Lipinski definition) is 1. The van der Waals surface area contributed by atoms with E-state index in [0.29, 0.717) is 18.7 Å². The summed E-state index contributed by atoms with van der Waals surface area (Å²) < 4.78 is 10.7. The molecule has 2 aromatic rings. The zero-order valence-corrected chi connectivity index (χ0v) is 15.4. The van der Waals surface area contributed by atoms with E-state index in [1.165, 1.54) is 11.3 Å². The molecule has 0 amide bonds. The Morgan fingerprint density at radius 1 is 1.29 bits per heavy atom. The second-order valence-electron chi connectivity index (χ2n) is 6.64. The molecule has 0 spiro atoms. The third kappa shape index (κ3) is 5.32. The summed E-state index contributed by atoms with van der Waals surface area (Å²) in [6, 6.07) is 7.52. The first-order chi connectivity index (χ1) is 11.3. The van der Waals surface area contributed by atoms with Gasteiger partial charge in [0.15, 0.2) is 0 Å². The molecule has 1 aromatic carbocycles. The highest BCUT2D eigenvalue weighted by molar-refractivity contribution is 7.09. The van der Waals surface area contributed by atoms with Crippen LogP contribution in [0.4, 0.5) is 5.69 Å². The molecule has 0 unspecified atom stereocenters. The molecule has 0 aliphatic carbocycles. The van der Waals surface area contributed by atoms with Crippen molar-refractivity contribution in [2.45, 2.75) is 45.3 Å². The molecular weight excluding hydrogens is 324 g/mol. The monoisotopic (exact) mass is 348 g/mol. The van der Waals surface area contributed by atoms with Gasteiger partial charge < -0.3 is 15.2 Å². The zero-order chi connectivity index (χ0) is 17.7. The number of esters is 1. The number of hydrogen-bond acceptors (Lipinski definition) is 6. The summed E-state index contributed by atoms with van der Waals surface area (Å²) in [6.45, 7) is 6.02. The average molecular weight is 348 g/mol. The van der Waals surface area contributed by atoms with Crippen LogP contribution in [0.5, 0.6) is 0 Å². The van der Waals surface area contributed by atoms with Crippen molar-refractivity contribution in [1.29, 1.82) is 0 Å². The fourth-order valence-corrected chi connectivity index (χ4v) is 3.12. The molecule has 2 N–H and O–H groups in total. The number of thiazole rings is 1. The summed E-state index contributed by atoms with van der Waals surface area (Å²) in [5.41, 5.74) is 7.73. The summed E-state index contributed by atoms with van der Waals surface area (Å²) in [7, 11) is 1.62. The Morgan fingerprint density at radius 2 is 1.96 bits per heavy atom. The van der Waals surface area contributed by atoms with Crippen molar-refractivity contribution in [2.24, 2.45) is 0 Å². The third-order valence-corrected chi connectivity index (χ3v) is 4.28. The number of nitrogen functional groups attached to an aromatic ring is 1. The lowest BCUT2D eigenvalue weighted by Crippen LogP contribution is -2.28. The van der Waals surface area contributed by atoms with Crippen LogP contribution in [-0.2, 0) is 27.3 Å². The lowest BCUT2D eigenvalue weighted by Gasteiger charge is -2.23. The average Bonchev–Trinajstić information content (AvgIpc) is 2.93. The summed E-state index contributed by atoms with van der Waals surface area (Å²) in [4.78, 5) is 17.2. The molecule has 6 heteroatoms. The van der Waals surface area contributed by atoms with Crippen molar-refractivity contribution >= 4 is 23.0 Å². The Morgan fingerprint density at radius 3 is 2.54 bits per heavy atom. The molecule has 0 saturated carbocycles. The van der Waals surface area contributed by atoms with Crippen molar-refractivity contribution in [3.63, 3.8) is 0 Å². The highest BCUT2D eigenvalue weighted by Gasteiger charge is 2.29. The second kappa shape index (κ2) is 7.77. The van der Waals surface area contributed by atoms with E-state index in [1.54, 1.807) is 7.11 Å². The van der Waals surface area contributed by atoms with Gasteiger partial charge in [0.1, 0.15) is 16.5 Å². The number of carbonyl (C=O) groups is 1. The first-order valence-corrected chi connectivity index (χ1v) is 8.67. The number of anilines is 1. The van der Waals surface area contributed by atoms with Gasteiger partial charge in [-0.25, -0.2) is 4.98 Å². The molecule has 0 bridgehead atoms. The van der Waals surface area contributed by atoms with Gasteiger partial charge in [-0.1, -0.05) is 12.1 Å². The van der Waals surface area contributed by atoms with Crippen LogP contribution in [-0.4, -0.2) is 23.7 Å². The Hall–Kier alpha value is -1.92. The largest absolute Gasteiger partial charge is 0.459 e. The van der Waals surface area contributed by atoms with E-state index >= 15 is 0 Å². The molecule has 1 heterocycles. The molecule has 2 rings (SSSR count). The molecule has 0 fully saturated rings. The Labute approximate surface area is 146 Å². The fourth-order valence-electron chi connectivity index (χ4n) is 2.23. The van der Waals surface area contributed by atoms with E-state index in [9.17, 15) is 4.79 Å². The molecule has 1 aromatic heterocycles. The SMILES string of the molecule is COCc1csc([C@@H](Cc2ccc(N)cc2)C(=O)OC(C)(C)C)n1. The van der Waals surface area contributed by atoms with Crippen LogP contribution in [0.15, 0.2) is 29.6 Å². The van der Waals surface area contributed by atoms with E-state index < -0.39 is 11.5 Å². The fraction of sp³-hybridized carbons (Fsp3) is 0.444. The lowest BCUT2D eigenvalue weighted by molar-refractivity contribution is -0.156. The highest BCUT2D eigenvalue weighted by Crippen LogP contribution is 2.28. The van der Waals surface area contributed by atoms with E-state index in [-0.39, 0.29) is 5.97 Å². The predicted octanol–water partition coefficient (Wildman–Crippen LogP) is 3.54. The number of ether oxygens (including phenoxy) is 2. The summed E-state index contributed by atoms with van der Waals surface area (Å²) >= 11 is 1.46. The van der Waals surface area contributed by atoms with Gasteiger partial charge in [0.2, 0.25) is 0 Å². The van der Waals surface area contributed by atoms with Gasteiger partial charge in [0.05, 0.1) is 12.3 Å². The maximum atomic E-state index is 12.7. The first kappa shape index (κ1) is 18.4. The number of nitrogens with two attached hydrogens (primary N) is 1. The molecule has 0 aliphatic heterocycles. The highest BCUT2D eigenvalue weighted by atomic mass is 32.1. The van der Waals surface area contributed by atoms with E-state index in [4.69, 9.17) is 15.2 Å². The van der Waals surface area contributed by atoms with Crippen molar-refractivity contribution in [1.82, 2.24) is 4.98 Å². The number of aromatic nitrogens is 1. The lowest BCUT2D eigenvalue weighted by atomic mass is 9.99. The van der Waals surface area contributed by atoms with E-state index in [0.717, 1.165) is 16.3 Å². The van der Waals surface area contributed by atoms with Crippen molar-refractivity contribution < 1.29 is 14.3 Å². The number of nitrogens with zero attached hydrogens (tertiary/aromatic N) is 1. The molecule has 0 aliphatic rings. The summed E-state index contributed by atoms with van der Waals surface area (Å²) in [5, 5.41) is 2.66. The van der Waals surface area contributed by atoms with Gasteiger partial charge in [-0.3, -0.25) is 4.79 Å². The predicted molar refractivity (Wildman–Crippen MR) is 96.0 cm³/mol. The normalized spacial score (nSPS) is 12.8. The molecule has 5 nitrogen and oxygen atoms in total. The van der Waals surface area contributed by atoms with Crippen LogP contribution >= 0.6 is 11.3 Å². The quantitative estimate of drug-likeness (QED) is 0.638. The van der Waals surface area contributed by atoms with Crippen molar-refractivity contribution in [3.8, 4) is 0 Å². The topological polar surface area (TPSA) is 74.4 Å². The third-order valence-electron chi connectivity index (χ3n) is 3.27. The number of methoxy groups -OCH3 is 1. The molecule has 1 atom stereocenters. The van der Waals surface area contributed by atoms with Crippen LogP contribution < -0.4 is 5.73 Å². The number of rotatable bonds is 6.